The van der Waals surface area contributed by atoms with Crippen LogP contribution < -0.4 is 4.90 Å². The summed E-state index contributed by atoms with van der Waals surface area (Å²) in [4.78, 5) is 13.2. The van der Waals surface area contributed by atoms with E-state index < -0.39 is 0 Å². The number of fused-ring (bicyclic) bond motifs is 3. The highest BCUT2D eigenvalue weighted by Crippen LogP contribution is 2.54. The molecule has 0 unspecified atom stereocenters. The Morgan fingerprint density at radius 3 is 2.75 bits per heavy atom. The molecule has 24 heavy (non-hydrogen) atoms. The van der Waals surface area contributed by atoms with Gasteiger partial charge < -0.3 is 4.90 Å². The zero-order valence-electron chi connectivity index (χ0n) is 14.2. The van der Waals surface area contributed by atoms with E-state index in [9.17, 15) is 10.1 Å². The van der Waals surface area contributed by atoms with E-state index in [4.69, 9.17) is 0 Å². The minimum atomic E-state index is -0.331. The number of likely N-dealkylation sites (N-methyl/N-ethyl adjacent to an activating group) is 1. The fourth-order valence-electron chi connectivity index (χ4n) is 4.60. The molecule has 1 saturated carbocycles. The second kappa shape index (κ2) is 5.33. The highest BCUT2D eigenvalue weighted by atomic mass is 16.6. The Morgan fingerprint density at radius 1 is 1.17 bits per heavy atom. The van der Waals surface area contributed by atoms with Crippen LogP contribution in [0.25, 0.3) is 11.1 Å². The molecule has 0 saturated heterocycles. The molecule has 124 valence electrons. The van der Waals surface area contributed by atoms with Crippen molar-refractivity contribution < 1.29 is 4.92 Å². The molecular weight excluding hydrogens is 300 g/mol. The van der Waals surface area contributed by atoms with Gasteiger partial charge in [0.1, 0.15) is 0 Å². The van der Waals surface area contributed by atoms with Gasteiger partial charge in [-0.25, -0.2) is 0 Å². The topological polar surface area (TPSA) is 46.4 Å². The van der Waals surface area contributed by atoms with Crippen LogP contribution in [0.15, 0.2) is 42.5 Å². The fourth-order valence-corrected chi connectivity index (χ4v) is 4.60. The molecule has 4 nitrogen and oxygen atoms in total. The number of nitrogens with zero attached hydrogens (tertiary/aromatic N) is 2. The maximum absolute atomic E-state index is 11.0. The normalized spacial score (nSPS) is 25.2. The lowest BCUT2D eigenvalue weighted by atomic mass is 9.73. The molecule has 2 aromatic carbocycles. The molecule has 1 heterocycles. The van der Waals surface area contributed by atoms with Crippen LogP contribution in [-0.2, 0) is 0 Å². The van der Waals surface area contributed by atoms with Gasteiger partial charge in [0.2, 0.25) is 0 Å². The molecule has 4 rings (SSSR count). The minimum Gasteiger partial charge on any atom is -0.368 e. The van der Waals surface area contributed by atoms with Crippen molar-refractivity contribution in [1.29, 1.82) is 0 Å². The van der Waals surface area contributed by atoms with E-state index in [0.717, 1.165) is 11.1 Å². The molecule has 2 aliphatic rings. The third-order valence-electron chi connectivity index (χ3n) is 6.10. The van der Waals surface area contributed by atoms with Crippen molar-refractivity contribution in [3.8, 4) is 11.1 Å². The second-order valence-corrected chi connectivity index (χ2v) is 7.30. The lowest BCUT2D eigenvalue weighted by Crippen LogP contribution is -2.45. The lowest BCUT2D eigenvalue weighted by molar-refractivity contribution is -0.384. The summed E-state index contributed by atoms with van der Waals surface area (Å²) in [6, 6.07) is 13.5. The molecule has 4 heteroatoms. The van der Waals surface area contributed by atoms with Crippen LogP contribution in [0.1, 0.15) is 44.1 Å². The number of nitro benzene ring substituents is 1. The SMILES string of the molecule is CN1c2ccc(-c3cccc([N+](=O)[O-])c3)cc2[C@@H]2CCCC[C@]21C. The van der Waals surface area contributed by atoms with Gasteiger partial charge in [-0.2, -0.15) is 0 Å². The van der Waals surface area contributed by atoms with Crippen LogP contribution >= 0.6 is 0 Å². The van der Waals surface area contributed by atoms with E-state index in [-0.39, 0.29) is 16.1 Å². The Morgan fingerprint density at radius 2 is 1.96 bits per heavy atom. The first-order chi connectivity index (χ1) is 11.5. The monoisotopic (exact) mass is 322 g/mol. The molecule has 2 aromatic rings. The summed E-state index contributed by atoms with van der Waals surface area (Å²) in [7, 11) is 2.21. The Bertz CT molecular complexity index is 817. The van der Waals surface area contributed by atoms with E-state index in [1.807, 2.05) is 6.07 Å². The first kappa shape index (κ1) is 15.2. The molecule has 0 bridgehead atoms. The number of hydrogen-bond acceptors (Lipinski definition) is 3. The average Bonchev–Trinajstić information content (AvgIpc) is 2.83. The number of benzene rings is 2. The third-order valence-corrected chi connectivity index (χ3v) is 6.10. The maximum atomic E-state index is 11.0. The van der Waals surface area contributed by atoms with Crippen molar-refractivity contribution in [2.45, 2.75) is 44.1 Å². The summed E-state index contributed by atoms with van der Waals surface area (Å²) in [5.74, 6) is 0.560. The molecule has 2 atom stereocenters. The van der Waals surface area contributed by atoms with Gasteiger partial charge in [0, 0.05) is 36.3 Å². The predicted octanol–water partition coefficient (Wildman–Crippen LogP) is 5.13. The van der Waals surface area contributed by atoms with Crippen molar-refractivity contribution in [2.75, 3.05) is 11.9 Å². The average molecular weight is 322 g/mol. The minimum absolute atomic E-state index is 0.146. The molecule has 0 spiro atoms. The molecule has 1 fully saturated rings. The lowest BCUT2D eigenvalue weighted by Gasteiger charge is -2.42. The van der Waals surface area contributed by atoms with Crippen LogP contribution in [-0.4, -0.2) is 17.5 Å². The zero-order valence-corrected chi connectivity index (χ0v) is 14.2. The Balaban J connectivity index is 1.79. The summed E-state index contributed by atoms with van der Waals surface area (Å²) >= 11 is 0. The zero-order chi connectivity index (χ0) is 16.9. The standard InChI is InChI=1S/C20H22N2O2/c1-20-11-4-3-8-18(20)17-13-15(9-10-19(17)21(20)2)14-6-5-7-16(12-14)22(23)24/h5-7,9-10,12-13,18H,3-4,8,11H2,1-2H3/t18-,20+/m0/s1. The van der Waals surface area contributed by atoms with Gasteiger partial charge in [0.05, 0.1) is 4.92 Å². The van der Waals surface area contributed by atoms with E-state index in [1.54, 1.807) is 18.2 Å². The smallest absolute Gasteiger partial charge is 0.270 e. The van der Waals surface area contributed by atoms with Gasteiger partial charge in [-0.05, 0) is 48.6 Å². The van der Waals surface area contributed by atoms with Gasteiger partial charge >= 0.3 is 0 Å². The Labute approximate surface area is 142 Å². The molecule has 0 aromatic heterocycles. The number of nitro groups is 1. The van der Waals surface area contributed by atoms with E-state index >= 15 is 0 Å². The van der Waals surface area contributed by atoms with Crippen LogP contribution in [0.5, 0.6) is 0 Å². The van der Waals surface area contributed by atoms with E-state index in [2.05, 4.69) is 37.1 Å². The molecule has 1 aliphatic carbocycles. The predicted molar refractivity (Wildman–Crippen MR) is 96.5 cm³/mol. The molecule has 0 amide bonds. The quantitative estimate of drug-likeness (QED) is 0.569. The van der Waals surface area contributed by atoms with Gasteiger partial charge in [0.15, 0.2) is 0 Å². The van der Waals surface area contributed by atoms with Crippen LogP contribution in [0.2, 0.25) is 0 Å². The first-order valence-corrected chi connectivity index (χ1v) is 8.63. The van der Waals surface area contributed by atoms with Crippen LogP contribution in [0.4, 0.5) is 11.4 Å². The summed E-state index contributed by atoms with van der Waals surface area (Å²) in [6.07, 6.45) is 5.04. The fraction of sp³-hybridized carbons (Fsp3) is 0.400. The molecular formula is C20H22N2O2. The summed E-state index contributed by atoms with van der Waals surface area (Å²) in [5.41, 5.74) is 5.07. The Hall–Kier alpha value is -2.36. The number of hydrogen-bond donors (Lipinski definition) is 0. The van der Waals surface area contributed by atoms with E-state index in [0.29, 0.717) is 5.92 Å². The van der Waals surface area contributed by atoms with Crippen molar-refractivity contribution in [3.63, 3.8) is 0 Å². The van der Waals surface area contributed by atoms with Crippen LogP contribution in [0, 0.1) is 10.1 Å². The third kappa shape index (κ3) is 2.13. The van der Waals surface area contributed by atoms with Crippen molar-refractivity contribution in [1.82, 2.24) is 0 Å². The van der Waals surface area contributed by atoms with Gasteiger partial charge in [-0.3, -0.25) is 10.1 Å². The highest BCUT2D eigenvalue weighted by molar-refractivity contribution is 5.74. The van der Waals surface area contributed by atoms with Crippen molar-refractivity contribution in [2.24, 2.45) is 0 Å². The summed E-state index contributed by atoms with van der Waals surface area (Å²) < 4.78 is 0. The van der Waals surface area contributed by atoms with Gasteiger partial charge in [-0.15, -0.1) is 0 Å². The highest BCUT2D eigenvalue weighted by Gasteiger charge is 2.47. The number of non-ortho nitro benzene ring substituents is 1. The largest absolute Gasteiger partial charge is 0.368 e. The molecule has 0 N–H and O–H groups in total. The Kier molecular flexibility index (Phi) is 3.37. The number of rotatable bonds is 2. The van der Waals surface area contributed by atoms with Gasteiger partial charge in [0.25, 0.3) is 5.69 Å². The van der Waals surface area contributed by atoms with Crippen LogP contribution in [0.3, 0.4) is 0 Å². The maximum Gasteiger partial charge on any atom is 0.270 e. The van der Waals surface area contributed by atoms with Crippen molar-refractivity contribution >= 4 is 11.4 Å². The second-order valence-electron chi connectivity index (χ2n) is 7.30. The van der Waals surface area contributed by atoms with Gasteiger partial charge in [-0.1, -0.05) is 31.0 Å². The van der Waals surface area contributed by atoms with E-state index in [1.165, 1.54) is 36.9 Å². The first-order valence-electron chi connectivity index (χ1n) is 8.63. The summed E-state index contributed by atoms with van der Waals surface area (Å²) in [6.45, 7) is 2.38. The molecule has 0 radical (unpaired) electrons. The summed E-state index contributed by atoms with van der Waals surface area (Å²) in [5, 5.41) is 11.0. The number of anilines is 1. The molecule has 1 aliphatic heterocycles. The van der Waals surface area contributed by atoms with Crippen molar-refractivity contribution in [3.05, 3.63) is 58.1 Å².